The fourth-order valence-corrected chi connectivity index (χ4v) is 1.76. The highest BCUT2D eigenvalue weighted by atomic mass is 35.5. The van der Waals surface area contributed by atoms with Crippen molar-refractivity contribution in [2.45, 2.75) is 0 Å². The lowest BCUT2D eigenvalue weighted by molar-refractivity contribution is 0.0696. The summed E-state index contributed by atoms with van der Waals surface area (Å²) in [5.41, 5.74) is 11.2. The Balaban J connectivity index is 2.57. The molecule has 1 aromatic heterocycles. The number of benzene rings is 1. The van der Waals surface area contributed by atoms with E-state index in [0.717, 1.165) is 0 Å². The van der Waals surface area contributed by atoms with Crippen LogP contribution in [0.4, 0.5) is 5.82 Å². The number of rotatable bonds is 3. The van der Waals surface area contributed by atoms with Gasteiger partial charge in [-0.1, -0.05) is 11.6 Å². The van der Waals surface area contributed by atoms with E-state index in [0.29, 0.717) is 5.69 Å². The lowest BCUT2D eigenvalue weighted by Gasteiger charge is -2.06. The molecule has 0 saturated carbocycles. The molecule has 0 fully saturated rings. The van der Waals surface area contributed by atoms with E-state index >= 15 is 0 Å². The highest BCUT2D eigenvalue weighted by Gasteiger charge is 2.15. The Labute approximate surface area is 112 Å². The number of primary amides is 1. The minimum atomic E-state index is -1.17. The maximum atomic E-state index is 11.1. The summed E-state index contributed by atoms with van der Waals surface area (Å²) >= 11 is 5.76. The average molecular weight is 281 g/mol. The van der Waals surface area contributed by atoms with E-state index in [1.807, 2.05) is 0 Å². The lowest BCUT2D eigenvalue weighted by Crippen LogP contribution is -2.13. The Hall–Kier alpha value is -2.54. The van der Waals surface area contributed by atoms with E-state index in [1.165, 1.54) is 29.1 Å². The van der Waals surface area contributed by atoms with Crippen LogP contribution < -0.4 is 11.5 Å². The number of carboxylic acids is 1. The van der Waals surface area contributed by atoms with Crippen LogP contribution in [0.15, 0.2) is 24.4 Å². The average Bonchev–Trinajstić information content (AvgIpc) is 2.71. The van der Waals surface area contributed by atoms with Gasteiger partial charge in [0.2, 0.25) is 0 Å². The number of nitrogens with zero attached hydrogens (tertiary/aromatic N) is 2. The molecule has 1 aromatic carbocycles. The first kappa shape index (κ1) is 12.9. The van der Waals surface area contributed by atoms with Crippen molar-refractivity contribution in [1.82, 2.24) is 9.78 Å². The largest absolute Gasteiger partial charge is 0.478 e. The summed E-state index contributed by atoms with van der Waals surface area (Å²) in [4.78, 5) is 22.1. The molecule has 2 rings (SSSR count). The summed E-state index contributed by atoms with van der Waals surface area (Å²) in [5, 5.41) is 13.0. The van der Waals surface area contributed by atoms with E-state index in [2.05, 4.69) is 5.10 Å². The molecule has 19 heavy (non-hydrogen) atoms. The number of carbonyl (C=O) groups excluding carboxylic acids is 1. The van der Waals surface area contributed by atoms with Gasteiger partial charge in [0.1, 0.15) is 11.4 Å². The van der Waals surface area contributed by atoms with Crippen molar-refractivity contribution in [3.8, 4) is 5.69 Å². The SMILES string of the molecule is NC(=O)c1cnn(-c2ccc(Cl)c(C(=O)O)c2)c1N. The minimum absolute atomic E-state index is 0.0335. The number of aromatic nitrogens is 2. The van der Waals surface area contributed by atoms with Gasteiger partial charge in [0, 0.05) is 0 Å². The van der Waals surface area contributed by atoms with Gasteiger partial charge in [-0.15, -0.1) is 0 Å². The van der Waals surface area contributed by atoms with Crippen LogP contribution in [0.5, 0.6) is 0 Å². The number of nitrogens with two attached hydrogens (primary N) is 2. The highest BCUT2D eigenvalue weighted by Crippen LogP contribution is 2.22. The molecule has 0 unspecified atom stereocenters. The van der Waals surface area contributed by atoms with Crippen LogP contribution in [0.25, 0.3) is 5.69 Å². The number of carbonyl (C=O) groups is 2. The number of halogens is 1. The second-order valence-electron chi connectivity index (χ2n) is 3.69. The Morgan fingerprint density at radius 3 is 2.53 bits per heavy atom. The Morgan fingerprint density at radius 2 is 2.00 bits per heavy atom. The lowest BCUT2D eigenvalue weighted by atomic mass is 10.2. The molecule has 7 nitrogen and oxygen atoms in total. The molecule has 8 heteroatoms. The van der Waals surface area contributed by atoms with Gasteiger partial charge in [-0.2, -0.15) is 5.10 Å². The van der Waals surface area contributed by atoms with Gasteiger partial charge in [0.05, 0.1) is 22.5 Å². The summed E-state index contributed by atoms with van der Waals surface area (Å²) in [6.07, 6.45) is 1.21. The van der Waals surface area contributed by atoms with Crippen molar-refractivity contribution in [2.75, 3.05) is 5.73 Å². The molecule has 0 bridgehead atoms. The smallest absolute Gasteiger partial charge is 0.337 e. The van der Waals surface area contributed by atoms with Gasteiger partial charge in [-0.3, -0.25) is 4.79 Å². The van der Waals surface area contributed by atoms with Crippen molar-refractivity contribution < 1.29 is 14.7 Å². The first-order valence-corrected chi connectivity index (χ1v) is 5.46. The monoisotopic (exact) mass is 280 g/mol. The van der Waals surface area contributed by atoms with Crippen LogP contribution in [0, 0.1) is 0 Å². The predicted molar refractivity (Wildman–Crippen MR) is 68.5 cm³/mol. The Morgan fingerprint density at radius 1 is 1.32 bits per heavy atom. The number of hydrogen-bond acceptors (Lipinski definition) is 4. The molecule has 0 saturated heterocycles. The summed E-state index contributed by atoms with van der Waals surface area (Å²) in [6, 6.07) is 4.24. The zero-order chi connectivity index (χ0) is 14.2. The van der Waals surface area contributed by atoms with E-state index in [-0.39, 0.29) is 22.0 Å². The Kier molecular flexibility index (Phi) is 3.14. The zero-order valence-electron chi connectivity index (χ0n) is 9.50. The van der Waals surface area contributed by atoms with E-state index in [9.17, 15) is 9.59 Å². The van der Waals surface area contributed by atoms with Gasteiger partial charge < -0.3 is 16.6 Å². The van der Waals surface area contributed by atoms with Gasteiger partial charge in [0.15, 0.2) is 0 Å². The molecule has 1 heterocycles. The quantitative estimate of drug-likeness (QED) is 0.770. The van der Waals surface area contributed by atoms with Gasteiger partial charge >= 0.3 is 5.97 Å². The number of aromatic carboxylic acids is 1. The summed E-state index contributed by atoms with van der Waals surface area (Å²) in [5.74, 6) is -1.85. The minimum Gasteiger partial charge on any atom is -0.478 e. The fourth-order valence-electron chi connectivity index (χ4n) is 1.56. The van der Waals surface area contributed by atoms with Crippen molar-refractivity contribution in [3.63, 3.8) is 0 Å². The number of carboxylic acid groups (broad SMARTS) is 1. The van der Waals surface area contributed by atoms with Crippen LogP contribution in [-0.2, 0) is 0 Å². The number of nitrogen functional groups attached to an aromatic ring is 1. The van der Waals surface area contributed by atoms with Crippen LogP contribution in [0.3, 0.4) is 0 Å². The Bertz CT molecular complexity index is 681. The van der Waals surface area contributed by atoms with Crippen LogP contribution in [0.1, 0.15) is 20.7 Å². The predicted octanol–water partition coefficient (Wildman–Crippen LogP) is 0.905. The maximum Gasteiger partial charge on any atom is 0.337 e. The molecule has 5 N–H and O–H groups in total. The number of hydrogen-bond donors (Lipinski definition) is 3. The van der Waals surface area contributed by atoms with Crippen molar-refractivity contribution in [1.29, 1.82) is 0 Å². The summed E-state index contributed by atoms with van der Waals surface area (Å²) < 4.78 is 1.21. The van der Waals surface area contributed by atoms with Crippen molar-refractivity contribution in [3.05, 3.63) is 40.5 Å². The molecular formula is C11H9ClN4O3. The number of amides is 1. The standard InChI is InChI=1S/C11H9ClN4O3/c12-8-2-1-5(3-6(8)11(18)19)16-9(13)7(4-15-16)10(14)17/h1-4H,13H2,(H2,14,17)(H,18,19). The third-order valence-corrected chi connectivity index (χ3v) is 2.83. The molecular weight excluding hydrogens is 272 g/mol. The summed E-state index contributed by atoms with van der Waals surface area (Å²) in [6.45, 7) is 0. The molecule has 98 valence electrons. The van der Waals surface area contributed by atoms with Gasteiger partial charge in [0.25, 0.3) is 5.91 Å². The highest BCUT2D eigenvalue weighted by molar-refractivity contribution is 6.33. The molecule has 1 amide bonds. The molecule has 0 spiro atoms. The zero-order valence-corrected chi connectivity index (χ0v) is 10.3. The fraction of sp³-hybridized carbons (Fsp3) is 0. The normalized spacial score (nSPS) is 10.4. The third kappa shape index (κ3) is 2.23. The molecule has 2 aromatic rings. The number of anilines is 1. The molecule has 0 aliphatic carbocycles. The second kappa shape index (κ2) is 4.62. The van der Waals surface area contributed by atoms with E-state index in [1.54, 1.807) is 0 Å². The van der Waals surface area contributed by atoms with Crippen LogP contribution in [0.2, 0.25) is 5.02 Å². The van der Waals surface area contributed by atoms with Crippen LogP contribution in [-0.4, -0.2) is 26.8 Å². The van der Waals surface area contributed by atoms with Gasteiger partial charge in [-0.05, 0) is 18.2 Å². The third-order valence-electron chi connectivity index (χ3n) is 2.50. The van der Waals surface area contributed by atoms with E-state index in [4.69, 9.17) is 28.2 Å². The molecule has 0 aliphatic rings. The first-order chi connectivity index (χ1) is 8.91. The van der Waals surface area contributed by atoms with Crippen molar-refractivity contribution >= 4 is 29.3 Å². The molecule has 0 aliphatic heterocycles. The van der Waals surface area contributed by atoms with Crippen LogP contribution >= 0.6 is 11.6 Å². The van der Waals surface area contributed by atoms with Crippen molar-refractivity contribution in [2.24, 2.45) is 5.73 Å². The maximum absolute atomic E-state index is 11.1. The van der Waals surface area contributed by atoms with E-state index < -0.39 is 11.9 Å². The topological polar surface area (TPSA) is 124 Å². The summed E-state index contributed by atoms with van der Waals surface area (Å²) in [7, 11) is 0. The second-order valence-corrected chi connectivity index (χ2v) is 4.10. The molecule has 0 radical (unpaired) electrons. The molecule has 0 atom stereocenters. The van der Waals surface area contributed by atoms with Gasteiger partial charge in [-0.25, -0.2) is 9.48 Å². The first-order valence-electron chi connectivity index (χ1n) is 5.08.